The predicted octanol–water partition coefficient (Wildman–Crippen LogP) is 10.6. The van der Waals surface area contributed by atoms with Crippen LogP contribution in [0.4, 0.5) is 39.5 Å². The maximum absolute atomic E-state index is 15.5. The monoisotopic (exact) mass is 698 g/mol. The summed E-state index contributed by atoms with van der Waals surface area (Å²) in [5.74, 6) is 0. The number of alkyl halides is 9. The van der Waals surface area contributed by atoms with Gasteiger partial charge in [0.05, 0.1) is 54.1 Å². The van der Waals surface area contributed by atoms with Crippen molar-refractivity contribution in [3.05, 3.63) is 150 Å². The zero-order valence-electron chi connectivity index (χ0n) is 25.2. The molecular formula is C36H11F9N6. The van der Waals surface area contributed by atoms with Crippen molar-refractivity contribution in [2.75, 3.05) is 0 Å². The van der Waals surface area contributed by atoms with Crippen molar-refractivity contribution in [2.24, 2.45) is 0 Å². The van der Waals surface area contributed by atoms with Gasteiger partial charge in [0.15, 0.2) is 0 Å². The fourth-order valence-corrected chi connectivity index (χ4v) is 6.13. The van der Waals surface area contributed by atoms with Crippen molar-refractivity contribution in [1.82, 2.24) is 0 Å². The van der Waals surface area contributed by atoms with Crippen molar-refractivity contribution in [1.29, 1.82) is 15.8 Å². The van der Waals surface area contributed by atoms with Gasteiger partial charge >= 0.3 is 18.5 Å². The molecule has 0 unspecified atom stereocenters. The topological polar surface area (TPSA) is 84.5 Å². The Morgan fingerprint density at radius 1 is 0.588 bits per heavy atom. The van der Waals surface area contributed by atoms with Gasteiger partial charge in [0.25, 0.3) is 11.4 Å². The first kappa shape index (κ1) is 35.2. The largest absolute Gasteiger partial charge is 0.417 e. The fraction of sp³-hybridized carbons (Fsp3) is 0.111. The number of rotatable bonds is 2. The Kier molecular flexibility index (Phi) is 8.37. The molecule has 15 heteroatoms. The number of allylic oxidation sites excluding steroid dienone is 7. The average molecular weight is 699 g/mol. The number of nitriles is 3. The fourth-order valence-electron chi connectivity index (χ4n) is 6.13. The summed E-state index contributed by atoms with van der Waals surface area (Å²) >= 11 is 0. The molecule has 0 aromatic heterocycles. The molecule has 0 atom stereocenters. The number of hydrogen-bond acceptors (Lipinski definition) is 3. The number of hydrogen-bond donors (Lipinski definition) is 0. The first-order chi connectivity index (χ1) is 23.9. The van der Waals surface area contributed by atoms with Gasteiger partial charge in [-0.05, 0) is 58.0 Å². The molecule has 0 N–H and O–H groups in total. The molecule has 0 aliphatic heterocycles. The maximum Gasteiger partial charge on any atom is 0.417 e. The molecular weight excluding hydrogens is 687 g/mol. The molecule has 51 heavy (non-hydrogen) atoms. The minimum Gasteiger partial charge on any atom is -0.237 e. The standard InChI is InChI=1S/C36H11F9N6/c1-16-5-7-18(8-6-16)24-27(22(15-48)50-3)29-30(33(24)51-4)32(36(43,44)45)28-25(31(29)35(40,41)42)20(13-46)23(26(28)21(14-47)49-2)17-9-11-19(12-10-17)34(37,38)39/h5-12H,1H3/b26-21-,27-22+. The lowest BCUT2D eigenvalue weighted by atomic mass is 9.82. The quantitative estimate of drug-likeness (QED) is 0.152. The highest BCUT2D eigenvalue weighted by molar-refractivity contribution is 6.30. The first-order valence-electron chi connectivity index (χ1n) is 13.9. The number of nitrogens with zero attached hydrogens (tertiary/aromatic N) is 6. The molecule has 0 amide bonds. The lowest BCUT2D eigenvalue weighted by molar-refractivity contribution is -0.141. The van der Waals surface area contributed by atoms with Crippen LogP contribution in [0.15, 0.2) is 59.9 Å². The highest BCUT2D eigenvalue weighted by Gasteiger charge is 2.53. The second kappa shape index (κ2) is 12.1. The molecule has 6 nitrogen and oxygen atoms in total. The molecule has 2 aliphatic carbocycles. The van der Waals surface area contributed by atoms with Gasteiger partial charge in [0.2, 0.25) is 5.70 Å². The molecule has 0 fully saturated rings. The SMILES string of the molecule is [C-]#[N+]C1=C(c2ccc(C)cc2)/C(=C(/C#N)[N+]#[C-])c2c1c(C(F)(F)F)c1c(c2C(F)(F)F)C(C#N)=C(c2ccc(C(F)(F)F)cc2)/C1=C(\C#N)[N+]#[C-]. The summed E-state index contributed by atoms with van der Waals surface area (Å²) < 4.78 is 133. The van der Waals surface area contributed by atoms with Gasteiger partial charge in [-0.2, -0.15) is 44.8 Å². The highest BCUT2D eigenvalue weighted by Crippen LogP contribution is 2.63. The van der Waals surface area contributed by atoms with Crippen molar-refractivity contribution in [3.63, 3.8) is 0 Å². The van der Waals surface area contributed by atoms with Crippen molar-refractivity contribution >= 4 is 33.6 Å². The summed E-state index contributed by atoms with van der Waals surface area (Å²) in [5, 5.41) is 30.1. The summed E-state index contributed by atoms with van der Waals surface area (Å²) in [5.41, 5.74) is -19.4. The van der Waals surface area contributed by atoms with Crippen LogP contribution in [0.5, 0.6) is 0 Å². The third-order valence-corrected chi connectivity index (χ3v) is 8.01. The van der Waals surface area contributed by atoms with Crippen LogP contribution in [0.3, 0.4) is 0 Å². The second-order valence-electron chi connectivity index (χ2n) is 10.8. The predicted molar refractivity (Wildman–Crippen MR) is 163 cm³/mol. The molecule has 0 bridgehead atoms. The summed E-state index contributed by atoms with van der Waals surface area (Å²) in [7, 11) is 0. The van der Waals surface area contributed by atoms with E-state index in [1.54, 1.807) is 6.92 Å². The average Bonchev–Trinajstić information content (AvgIpc) is 3.56. The Morgan fingerprint density at radius 3 is 1.43 bits per heavy atom. The first-order valence-corrected chi connectivity index (χ1v) is 13.9. The lowest BCUT2D eigenvalue weighted by Gasteiger charge is -2.25. The van der Waals surface area contributed by atoms with E-state index in [2.05, 4.69) is 14.5 Å². The van der Waals surface area contributed by atoms with Crippen LogP contribution < -0.4 is 0 Å². The third-order valence-electron chi connectivity index (χ3n) is 8.01. The van der Waals surface area contributed by atoms with Crippen LogP contribution in [-0.4, -0.2) is 0 Å². The Morgan fingerprint density at radius 2 is 1.02 bits per heavy atom. The van der Waals surface area contributed by atoms with Crippen LogP contribution in [0.2, 0.25) is 0 Å². The Balaban J connectivity index is 2.17. The summed E-state index contributed by atoms with van der Waals surface area (Å²) in [4.78, 5) is 9.07. The van der Waals surface area contributed by atoms with Crippen molar-refractivity contribution in [2.45, 2.75) is 25.5 Å². The Bertz CT molecular complexity index is 2430. The molecule has 0 spiro atoms. The van der Waals surface area contributed by atoms with E-state index in [4.69, 9.17) is 19.7 Å². The van der Waals surface area contributed by atoms with E-state index in [1.807, 2.05) is 0 Å². The lowest BCUT2D eigenvalue weighted by Crippen LogP contribution is -2.20. The van der Waals surface area contributed by atoms with Gasteiger partial charge < -0.3 is 0 Å². The molecule has 3 aromatic carbocycles. The summed E-state index contributed by atoms with van der Waals surface area (Å²) in [6.45, 7) is 24.6. The summed E-state index contributed by atoms with van der Waals surface area (Å²) in [6, 6.07) is 11.7. The molecule has 3 aromatic rings. The molecule has 0 heterocycles. The van der Waals surface area contributed by atoms with Gasteiger partial charge in [0, 0.05) is 16.7 Å². The van der Waals surface area contributed by atoms with E-state index < -0.39 is 108 Å². The van der Waals surface area contributed by atoms with Gasteiger partial charge in [-0.15, -0.1) is 0 Å². The molecule has 248 valence electrons. The second-order valence-corrected chi connectivity index (χ2v) is 10.8. The molecule has 0 saturated heterocycles. The van der Waals surface area contributed by atoms with Crippen LogP contribution in [-0.2, 0) is 18.5 Å². The van der Waals surface area contributed by atoms with Gasteiger partial charge in [0.1, 0.15) is 6.07 Å². The maximum atomic E-state index is 15.5. The van der Waals surface area contributed by atoms with E-state index in [-0.39, 0.29) is 5.56 Å². The minimum absolute atomic E-state index is 0.133. The van der Waals surface area contributed by atoms with E-state index >= 15 is 26.3 Å². The van der Waals surface area contributed by atoms with E-state index in [0.29, 0.717) is 29.8 Å². The number of fused-ring (bicyclic) bond motifs is 2. The normalized spacial score (nSPS) is 15.8. The van der Waals surface area contributed by atoms with Gasteiger partial charge in [-0.25, -0.2) is 25.1 Å². The van der Waals surface area contributed by atoms with Gasteiger partial charge in [-0.3, -0.25) is 0 Å². The van der Waals surface area contributed by atoms with Crippen molar-refractivity contribution < 1.29 is 39.5 Å². The van der Waals surface area contributed by atoms with Crippen LogP contribution in [0.25, 0.3) is 48.1 Å². The third kappa shape index (κ3) is 5.44. The van der Waals surface area contributed by atoms with E-state index in [9.17, 15) is 29.0 Å². The number of halogens is 9. The molecule has 0 radical (unpaired) electrons. The number of aryl methyl sites for hydroxylation is 1. The van der Waals surface area contributed by atoms with Crippen molar-refractivity contribution in [3.8, 4) is 18.2 Å². The minimum atomic E-state index is -5.71. The molecule has 0 saturated carbocycles. The summed E-state index contributed by atoms with van der Waals surface area (Å²) in [6.07, 6.45) is -16.3. The Labute approximate surface area is 282 Å². The number of benzene rings is 3. The zero-order valence-corrected chi connectivity index (χ0v) is 25.2. The van der Waals surface area contributed by atoms with Gasteiger partial charge in [-0.1, -0.05) is 42.0 Å². The van der Waals surface area contributed by atoms with E-state index in [0.717, 1.165) is 0 Å². The van der Waals surface area contributed by atoms with Crippen LogP contribution in [0.1, 0.15) is 55.6 Å². The van der Waals surface area contributed by atoms with Crippen LogP contribution >= 0.6 is 0 Å². The highest BCUT2D eigenvalue weighted by atomic mass is 19.4. The van der Waals surface area contributed by atoms with Crippen LogP contribution in [0, 0.1) is 60.6 Å². The smallest absolute Gasteiger partial charge is 0.237 e. The molecule has 5 rings (SSSR count). The Hall–Kier alpha value is -7.07. The molecule has 2 aliphatic rings. The zero-order chi connectivity index (χ0) is 37.8. The van der Waals surface area contributed by atoms with E-state index in [1.165, 1.54) is 42.5 Å².